The van der Waals surface area contributed by atoms with E-state index >= 15 is 0 Å². The Morgan fingerprint density at radius 2 is 1.80 bits per heavy atom. The first-order valence-electron chi connectivity index (χ1n) is 9.15. The minimum atomic E-state index is -0.549. The van der Waals surface area contributed by atoms with Crippen LogP contribution >= 0.6 is 23.2 Å². The summed E-state index contributed by atoms with van der Waals surface area (Å²) in [6, 6.07) is 10.5. The monoisotopic (exact) mass is 446 g/mol. The van der Waals surface area contributed by atoms with Crippen molar-refractivity contribution in [3.63, 3.8) is 0 Å². The molecule has 1 heterocycles. The Hall–Kier alpha value is -2.90. The molecule has 2 amide bonds. The Kier molecular flexibility index (Phi) is 6.74. The molecular formula is C21H18Cl2N3O4. The molecule has 0 saturated carbocycles. The molecule has 9 heteroatoms. The fourth-order valence-electron chi connectivity index (χ4n) is 3.27. The number of carbonyl (C=O) groups excluding carboxylic acids is 2. The summed E-state index contributed by atoms with van der Waals surface area (Å²) in [5.74, 6) is -0.259. The molecule has 2 aromatic rings. The molecule has 3 rings (SSSR count). The van der Waals surface area contributed by atoms with E-state index < -0.39 is 4.92 Å². The van der Waals surface area contributed by atoms with Crippen LogP contribution in [0, 0.1) is 16.2 Å². The Morgan fingerprint density at radius 3 is 2.43 bits per heavy atom. The lowest BCUT2D eigenvalue weighted by atomic mass is 9.97. The summed E-state index contributed by atoms with van der Waals surface area (Å²) in [6.45, 7) is 3.31. The van der Waals surface area contributed by atoms with Crippen molar-refractivity contribution < 1.29 is 14.5 Å². The van der Waals surface area contributed by atoms with Crippen LogP contribution in [0.1, 0.15) is 12.5 Å². The van der Waals surface area contributed by atoms with Crippen molar-refractivity contribution >= 4 is 46.8 Å². The van der Waals surface area contributed by atoms with Crippen molar-refractivity contribution in [2.45, 2.75) is 6.92 Å². The summed E-state index contributed by atoms with van der Waals surface area (Å²) in [5, 5.41) is 12.0. The van der Waals surface area contributed by atoms with E-state index in [0.717, 1.165) is 0 Å². The lowest BCUT2D eigenvalue weighted by molar-refractivity contribution is -0.384. The molecule has 0 bridgehead atoms. The third kappa shape index (κ3) is 4.63. The molecule has 7 nitrogen and oxygen atoms in total. The predicted octanol–water partition coefficient (Wildman–Crippen LogP) is 4.07. The van der Waals surface area contributed by atoms with Crippen LogP contribution < -0.4 is 0 Å². The maximum absolute atomic E-state index is 12.6. The van der Waals surface area contributed by atoms with Gasteiger partial charge in [0.15, 0.2) is 0 Å². The van der Waals surface area contributed by atoms with Gasteiger partial charge in [-0.25, -0.2) is 0 Å². The molecule has 0 aliphatic carbocycles. The fourth-order valence-corrected chi connectivity index (χ4v) is 3.67. The summed E-state index contributed by atoms with van der Waals surface area (Å²) < 4.78 is 0. The largest absolute Gasteiger partial charge is 0.339 e. The minimum Gasteiger partial charge on any atom is -0.339 e. The molecule has 0 aromatic heterocycles. The zero-order valence-corrected chi connectivity index (χ0v) is 17.6. The maximum Gasteiger partial charge on any atom is 0.285 e. The highest BCUT2D eigenvalue weighted by Gasteiger charge is 2.23. The Bertz CT molecular complexity index is 1030. The van der Waals surface area contributed by atoms with Gasteiger partial charge in [0.1, 0.15) is 0 Å². The Labute approximate surface area is 183 Å². The smallest absolute Gasteiger partial charge is 0.285 e. The number of piperazine rings is 1. The van der Waals surface area contributed by atoms with Gasteiger partial charge in [0, 0.05) is 44.7 Å². The van der Waals surface area contributed by atoms with Gasteiger partial charge >= 0.3 is 0 Å². The summed E-state index contributed by atoms with van der Waals surface area (Å²) >= 11 is 12.4. The normalized spacial score (nSPS) is 14.2. The second kappa shape index (κ2) is 9.28. The molecule has 1 radical (unpaired) electrons. The first-order valence-corrected chi connectivity index (χ1v) is 9.91. The molecule has 0 N–H and O–H groups in total. The van der Waals surface area contributed by atoms with Gasteiger partial charge in [-0.05, 0) is 23.8 Å². The van der Waals surface area contributed by atoms with Crippen LogP contribution in [-0.2, 0) is 9.59 Å². The fraction of sp³-hybridized carbons (Fsp3) is 0.238. The number of hydrogen-bond donors (Lipinski definition) is 0. The number of rotatable bonds is 4. The number of nitro benzene ring substituents is 1. The minimum absolute atomic E-state index is 0.0199. The van der Waals surface area contributed by atoms with E-state index in [2.05, 4.69) is 6.07 Å². The van der Waals surface area contributed by atoms with Gasteiger partial charge in [-0.2, -0.15) is 0 Å². The second-order valence-electron chi connectivity index (χ2n) is 6.68. The van der Waals surface area contributed by atoms with Crippen LogP contribution in [-0.4, -0.2) is 52.7 Å². The summed E-state index contributed by atoms with van der Waals surface area (Å²) in [5.41, 5.74) is 0.805. The molecule has 1 aliphatic rings. The average Bonchev–Trinajstić information content (AvgIpc) is 2.73. The highest BCUT2D eigenvalue weighted by atomic mass is 35.5. The Morgan fingerprint density at radius 1 is 1.13 bits per heavy atom. The molecular weight excluding hydrogens is 429 g/mol. The van der Waals surface area contributed by atoms with Crippen molar-refractivity contribution in [2.24, 2.45) is 0 Å². The van der Waals surface area contributed by atoms with Crippen LogP contribution in [0.25, 0.3) is 17.2 Å². The van der Waals surface area contributed by atoms with Crippen LogP contribution in [0.15, 0.2) is 36.4 Å². The van der Waals surface area contributed by atoms with Gasteiger partial charge < -0.3 is 9.80 Å². The molecule has 1 fully saturated rings. The molecule has 0 unspecified atom stereocenters. The van der Waals surface area contributed by atoms with Crippen molar-refractivity contribution in [1.82, 2.24) is 9.80 Å². The quantitative estimate of drug-likeness (QED) is 0.402. The number of amides is 2. The third-order valence-corrected chi connectivity index (χ3v) is 5.67. The number of benzene rings is 2. The first-order chi connectivity index (χ1) is 14.3. The van der Waals surface area contributed by atoms with Crippen molar-refractivity contribution in [3.05, 3.63) is 68.2 Å². The van der Waals surface area contributed by atoms with Crippen molar-refractivity contribution in [3.8, 4) is 11.1 Å². The number of carbonyl (C=O) groups is 2. The van der Waals surface area contributed by atoms with E-state index in [4.69, 9.17) is 23.2 Å². The van der Waals surface area contributed by atoms with Gasteiger partial charge in [0.25, 0.3) is 5.69 Å². The number of nitrogens with zero attached hydrogens (tertiary/aromatic N) is 3. The van der Waals surface area contributed by atoms with E-state index in [1.54, 1.807) is 34.1 Å². The molecule has 30 heavy (non-hydrogen) atoms. The lowest BCUT2D eigenvalue weighted by Gasteiger charge is -2.33. The molecule has 2 aromatic carbocycles. The SMILES string of the molecule is CC(=O)N1CCN(C(=O)/C=C/c2cc[c]c([N+](=O)[O-])c2-c2cccc(Cl)c2Cl)CC1. The highest BCUT2D eigenvalue weighted by Crippen LogP contribution is 2.40. The van der Waals surface area contributed by atoms with E-state index in [1.165, 1.54) is 25.1 Å². The van der Waals surface area contributed by atoms with Gasteiger partial charge in [-0.1, -0.05) is 41.4 Å². The average molecular weight is 447 g/mol. The van der Waals surface area contributed by atoms with Gasteiger partial charge in [0.2, 0.25) is 11.8 Å². The topological polar surface area (TPSA) is 83.8 Å². The van der Waals surface area contributed by atoms with Gasteiger partial charge in [0.05, 0.1) is 26.6 Å². The summed E-state index contributed by atoms with van der Waals surface area (Å²) in [7, 11) is 0. The van der Waals surface area contributed by atoms with Crippen molar-refractivity contribution in [2.75, 3.05) is 26.2 Å². The van der Waals surface area contributed by atoms with Gasteiger partial charge in [-0.3, -0.25) is 19.7 Å². The first kappa shape index (κ1) is 21.8. The highest BCUT2D eigenvalue weighted by molar-refractivity contribution is 6.43. The zero-order chi connectivity index (χ0) is 21.8. The van der Waals surface area contributed by atoms with Crippen LogP contribution in [0.5, 0.6) is 0 Å². The molecule has 155 valence electrons. The predicted molar refractivity (Wildman–Crippen MR) is 115 cm³/mol. The standard InChI is InChI=1S/C21H18Cl2N3O4/c1-14(27)24-10-12-25(13-11-24)19(28)9-8-15-4-2-7-18(26(29)30)20(15)16-5-3-6-17(22)21(16)23/h2-6,8-9H,10-13H2,1H3/b9-8+. The third-order valence-electron chi connectivity index (χ3n) is 4.85. The van der Waals surface area contributed by atoms with Crippen LogP contribution in [0.3, 0.4) is 0 Å². The second-order valence-corrected chi connectivity index (χ2v) is 7.46. The van der Waals surface area contributed by atoms with E-state index in [0.29, 0.717) is 37.3 Å². The van der Waals surface area contributed by atoms with Crippen LogP contribution in [0.4, 0.5) is 5.69 Å². The molecule has 1 saturated heterocycles. The van der Waals surface area contributed by atoms with E-state index in [1.807, 2.05) is 0 Å². The van der Waals surface area contributed by atoms with E-state index in [9.17, 15) is 19.7 Å². The number of nitro groups is 1. The summed E-state index contributed by atoms with van der Waals surface area (Å²) in [6.07, 6.45) is 2.89. The summed E-state index contributed by atoms with van der Waals surface area (Å²) in [4.78, 5) is 38.4. The number of hydrogen-bond acceptors (Lipinski definition) is 4. The molecule has 1 aliphatic heterocycles. The van der Waals surface area contributed by atoms with Crippen molar-refractivity contribution in [1.29, 1.82) is 0 Å². The number of halogens is 2. The zero-order valence-electron chi connectivity index (χ0n) is 16.1. The van der Waals surface area contributed by atoms with Gasteiger partial charge in [-0.15, -0.1) is 0 Å². The Balaban J connectivity index is 1.92. The lowest BCUT2D eigenvalue weighted by Crippen LogP contribution is -2.49. The molecule has 0 spiro atoms. The van der Waals surface area contributed by atoms with E-state index in [-0.39, 0.29) is 33.1 Å². The maximum atomic E-state index is 12.6. The van der Waals surface area contributed by atoms with Crippen LogP contribution in [0.2, 0.25) is 10.0 Å². The molecule has 0 atom stereocenters.